The summed E-state index contributed by atoms with van der Waals surface area (Å²) in [6, 6.07) is 3.61. The molecule has 0 aliphatic heterocycles. The van der Waals surface area contributed by atoms with Gasteiger partial charge in [-0.1, -0.05) is 19.3 Å². The molecule has 1 aliphatic rings. The molecule has 0 heterocycles. The highest BCUT2D eigenvalue weighted by Crippen LogP contribution is 2.31. The Morgan fingerprint density at radius 2 is 1.89 bits per heavy atom. The molecule has 1 saturated carbocycles. The molecule has 0 saturated heterocycles. The van der Waals surface area contributed by atoms with Gasteiger partial charge in [-0.2, -0.15) is 0 Å². The predicted octanol–water partition coefficient (Wildman–Crippen LogP) is 3.59. The molecular formula is C13H17BrFNO2S. The van der Waals surface area contributed by atoms with Crippen molar-refractivity contribution in [2.45, 2.75) is 49.5 Å². The summed E-state index contributed by atoms with van der Waals surface area (Å²) in [6.45, 7) is 1.93. The van der Waals surface area contributed by atoms with Crippen molar-refractivity contribution in [3.05, 3.63) is 28.5 Å². The summed E-state index contributed by atoms with van der Waals surface area (Å²) in [5, 5.41) is 0. The lowest BCUT2D eigenvalue weighted by molar-refractivity contribution is 0.294. The van der Waals surface area contributed by atoms with Gasteiger partial charge in [0.15, 0.2) is 0 Å². The molecular weight excluding hydrogens is 333 g/mol. The highest BCUT2D eigenvalue weighted by atomic mass is 79.9. The Kier molecular flexibility index (Phi) is 4.32. The molecule has 106 valence electrons. The topological polar surface area (TPSA) is 46.2 Å². The maximum atomic E-state index is 13.0. The quantitative estimate of drug-likeness (QED) is 0.906. The Morgan fingerprint density at radius 3 is 2.47 bits per heavy atom. The van der Waals surface area contributed by atoms with Gasteiger partial charge < -0.3 is 0 Å². The largest absolute Gasteiger partial charge is 0.242 e. The zero-order valence-corrected chi connectivity index (χ0v) is 13.2. The average molecular weight is 350 g/mol. The normalized spacial score (nSPS) is 19.3. The molecule has 0 bridgehead atoms. The van der Waals surface area contributed by atoms with Gasteiger partial charge in [-0.3, -0.25) is 0 Å². The van der Waals surface area contributed by atoms with Gasteiger partial charge >= 0.3 is 0 Å². The van der Waals surface area contributed by atoms with E-state index in [0.717, 1.165) is 44.2 Å². The molecule has 6 heteroatoms. The number of benzene rings is 1. The summed E-state index contributed by atoms with van der Waals surface area (Å²) in [6.07, 6.45) is 4.89. The molecule has 0 radical (unpaired) electrons. The number of hydrogen-bond acceptors (Lipinski definition) is 2. The first-order valence-electron chi connectivity index (χ1n) is 6.31. The van der Waals surface area contributed by atoms with Gasteiger partial charge in [0.25, 0.3) is 0 Å². The minimum Gasteiger partial charge on any atom is -0.207 e. The van der Waals surface area contributed by atoms with Crippen LogP contribution in [0.15, 0.2) is 27.6 Å². The maximum absolute atomic E-state index is 13.0. The van der Waals surface area contributed by atoms with Crippen LogP contribution in [0.5, 0.6) is 0 Å². The molecule has 0 aromatic heterocycles. The third-order valence-electron chi connectivity index (χ3n) is 3.52. The van der Waals surface area contributed by atoms with Gasteiger partial charge in [-0.25, -0.2) is 17.5 Å². The molecule has 1 fully saturated rings. The summed E-state index contributed by atoms with van der Waals surface area (Å²) in [5.74, 6) is -0.463. The summed E-state index contributed by atoms with van der Waals surface area (Å²) in [5.41, 5.74) is -0.398. The second kappa shape index (κ2) is 5.50. The fraction of sp³-hybridized carbons (Fsp3) is 0.538. The first-order chi connectivity index (χ1) is 8.82. The molecule has 3 nitrogen and oxygen atoms in total. The summed E-state index contributed by atoms with van der Waals surface area (Å²) in [7, 11) is -3.63. The van der Waals surface area contributed by atoms with Crippen molar-refractivity contribution in [3.8, 4) is 0 Å². The van der Waals surface area contributed by atoms with Crippen LogP contribution in [0.25, 0.3) is 0 Å². The summed E-state index contributed by atoms with van der Waals surface area (Å²) in [4.78, 5) is 0.0840. The van der Waals surface area contributed by atoms with Crippen LogP contribution in [0.3, 0.4) is 0 Å². The van der Waals surface area contributed by atoms with E-state index >= 15 is 0 Å². The first-order valence-corrected chi connectivity index (χ1v) is 8.59. The number of hydrogen-bond donors (Lipinski definition) is 1. The molecule has 1 aromatic rings. The lowest BCUT2D eigenvalue weighted by Gasteiger charge is -2.34. The second-order valence-corrected chi connectivity index (χ2v) is 7.81. The zero-order chi connectivity index (χ0) is 14.1. The second-order valence-electron chi connectivity index (χ2n) is 5.30. The predicted molar refractivity (Wildman–Crippen MR) is 75.9 cm³/mol. The average Bonchev–Trinajstić information content (AvgIpc) is 2.27. The molecule has 1 N–H and O–H groups in total. The van der Waals surface area contributed by atoms with E-state index in [1.807, 2.05) is 6.92 Å². The minimum absolute atomic E-state index is 0.0840. The van der Waals surface area contributed by atoms with Crippen LogP contribution < -0.4 is 4.72 Å². The van der Waals surface area contributed by atoms with E-state index in [1.54, 1.807) is 0 Å². The summed E-state index contributed by atoms with van der Waals surface area (Å²) < 4.78 is 40.8. The molecule has 2 rings (SSSR count). The SMILES string of the molecule is CC1(NS(=O)(=O)c2ccc(F)cc2Br)CCCCC1. The molecule has 1 aliphatic carbocycles. The Bertz CT molecular complexity index is 568. The first kappa shape index (κ1) is 14.9. The number of halogens is 2. The van der Waals surface area contributed by atoms with Crippen LogP contribution in [-0.4, -0.2) is 14.0 Å². The number of sulfonamides is 1. The van der Waals surface area contributed by atoms with Crippen molar-refractivity contribution in [2.24, 2.45) is 0 Å². The molecule has 0 atom stereocenters. The van der Waals surface area contributed by atoms with Gasteiger partial charge in [0.2, 0.25) is 10.0 Å². The fourth-order valence-corrected chi connectivity index (χ4v) is 5.02. The Balaban J connectivity index is 2.27. The van der Waals surface area contributed by atoms with Crippen molar-refractivity contribution < 1.29 is 12.8 Å². The fourth-order valence-electron chi connectivity index (χ4n) is 2.51. The van der Waals surface area contributed by atoms with E-state index in [-0.39, 0.29) is 9.37 Å². The van der Waals surface area contributed by atoms with Crippen LogP contribution in [0.1, 0.15) is 39.0 Å². The monoisotopic (exact) mass is 349 g/mol. The van der Waals surface area contributed by atoms with E-state index in [1.165, 1.54) is 6.07 Å². The van der Waals surface area contributed by atoms with E-state index in [9.17, 15) is 12.8 Å². The molecule has 0 amide bonds. The Morgan fingerprint density at radius 1 is 1.26 bits per heavy atom. The number of rotatable bonds is 3. The molecule has 0 unspecified atom stereocenters. The van der Waals surface area contributed by atoms with Crippen molar-refractivity contribution in [2.75, 3.05) is 0 Å². The highest BCUT2D eigenvalue weighted by Gasteiger charge is 2.32. The Hall–Kier alpha value is -0.460. The summed E-state index contributed by atoms with van der Waals surface area (Å²) >= 11 is 3.11. The van der Waals surface area contributed by atoms with Crippen LogP contribution in [0, 0.1) is 5.82 Å². The van der Waals surface area contributed by atoms with Gasteiger partial charge in [0.05, 0.1) is 4.90 Å². The van der Waals surface area contributed by atoms with E-state index in [0.29, 0.717) is 0 Å². The lowest BCUT2D eigenvalue weighted by atomic mass is 9.84. The third kappa shape index (κ3) is 3.55. The van der Waals surface area contributed by atoms with Crippen molar-refractivity contribution in [3.63, 3.8) is 0 Å². The van der Waals surface area contributed by atoms with Gasteiger partial charge in [-0.15, -0.1) is 0 Å². The Labute approximate surface area is 121 Å². The van der Waals surface area contributed by atoms with Crippen molar-refractivity contribution >= 4 is 26.0 Å². The smallest absolute Gasteiger partial charge is 0.207 e. The molecule has 0 spiro atoms. The van der Waals surface area contributed by atoms with Gasteiger partial charge in [0.1, 0.15) is 5.82 Å². The zero-order valence-electron chi connectivity index (χ0n) is 10.7. The van der Waals surface area contributed by atoms with Crippen LogP contribution in [0.2, 0.25) is 0 Å². The van der Waals surface area contributed by atoms with E-state index in [2.05, 4.69) is 20.7 Å². The highest BCUT2D eigenvalue weighted by molar-refractivity contribution is 9.10. The maximum Gasteiger partial charge on any atom is 0.242 e. The van der Waals surface area contributed by atoms with Crippen LogP contribution in [0.4, 0.5) is 4.39 Å². The van der Waals surface area contributed by atoms with Crippen LogP contribution >= 0.6 is 15.9 Å². The van der Waals surface area contributed by atoms with Crippen molar-refractivity contribution in [1.29, 1.82) is 0 Å². The number of nitrogens with one attached hydrogen (secondary N) is 1. The minimum atomic E-state index is -3.63. The lowest BCUT2D eigenvalue weighted by Crippen LogP contribution is -2.47. The van der Waals surface area contributed by atoms with E-state index < -0.39 is 21.4 Å². The van der Waals surface area contributed by atoms with Gasteiger partial charge in [-0.05, 0) is 53.9 Å². The molecule has 1 aromatic carbocycles. The van der Waals surface area contributed by atoms with Crippen molar-refractivity contribution in [1.82, 2.24) is 4.72 Å². The third-order valence-corrected chi connectivity index (χ3v) is 6.14. The van der Waals surface area contributed by atoms with Crippen LogP contribution in [-0.2, 0) is 10.0 Å². The standard InChI is InChI=1S/C13H17BrFNO2S/c1-13(7-3-2-4-8-13)16-19(17,18)12-6-5-10(15)9-11(12)14/h5-6,9,16H,2-4,7-8H2,1H3. The van der Waals surface area contributed by atoms with E-state index in [4.69, 9.17) is 0 Å². The van der Waals surface area contributed by atoms with Gasteiger partial charge in [0, 0.05) is 10.0 Å². The molecule has 19 heavy (non-hydrogen) atoms.